The molecule has 0 aliphatic heterocycles. The van der Waals surface area contributed by atoms with Gasteiger partial charge in [-0.05, 0) is 40.9 Å². The highest BCUT2D eigenvalue weighted by Crippen LogP contribution is 2.17. The SMILES string of the molecule is CC(N)(CO)Cc1cccnc1Br. The molecule has 0 saturated heterocycles. The molecule has 0 fully saturated rings. The van der Waals surface area contributed by atoms with Crippen LogP contribution in [-0.2, 0) is 6.42 Å². The summed E-state index contributed by atoms with van der Waals surface area (Å²) in [6, 6.07) is 3.80. The number of aromatic nitrogens is 1. The molecular formula is C9H13BrN2O. The first-order valence-electron chi connectivity index (χ1n) is 4.04. The number of pyridine rings is 1. The number of nitrogens with two attached hydrogens (primary N) is 1. The third kappa shape index (κ3) is 3.06. The summed E-state index contributed by atoms with van der Waals surface area (Å²) in [5.41, 5.74) is 6.26. The van der Waals surface area contributed by atoms with Crippen LogP contribution in [0.25, 0.3) is 0 Å². The molecule has 0 spiro atoms. The Morgan fingerprint density at radius 3 is 2.92 bits per heavy atom. The smallest absolute Gasteiger partial charge is 0.109 e. The molecule has 3 nitrogen and oxygen atoms in total. The van der Waals surface area contributed by atoms with Crippen molar-refractivity contribution in [2.45, 2.75) is 18.9 Å². The largest absolute Gasteiger partial charge is 0.394 e. The van der Waals surface area contributed by atoms with E-state index < -0.39 is 5.54 Å². The molecule has 13 heavy (non-hydrogen) atoms. The molecular weight excluding hydrogens is 232 g/mol. The predicted molar refractivity (Wildman–Crippen MR) is 55.3 cm³/mol. The van der Waals surface area contributed by atoms with E-state index in [9.17, 15) is 0 Å². The molecule has 1 atom stereocenters. The Morgan fingerprint density at radius 2 is 2.38 bits per heavy atom. The Kier molecular flexibility index (Phi) is 3.41. The second kappa shape index (κ2) is 4.17. The second-order valence-electron chi connectivity index (χ2n) is 3.44. The molecule has 0 bridgehead atoms. The lowest BCUT2D eigenvalue weighted by Crippen LogP contribution is -2.42. The number of nitrogens with zero attached hydrogens (tertiary/aromatic N) is 1. The van der Waals surface area contributed by atoms with E-state index in [1.807, 2.05) is 19.1 Å². The maximum atomic E-state index is 8.99. The highest BCUT2D eigenvalue weighted by atomic mass is 79.9. The molecule has 1 heterocycles. The molecule has 0 radical (unpaired) electrons. The monoisotopic (exact) mass is 244 g/mol. The van der Waals surface area contributed by atoms with Crippen LogP contribution in [0.15, 0.2) is 22.9 Å². The Morgan fingerprint density at radius 1 is 1.69 bits per heavy atom. The quantitative estimate of drug-likeness (QED) is 0.784. The number of aliphatic hydroxyl groups excluding tert-OH is 1. The second-order valence-corrected chi connectivity index (χ2v) is 4.19. The van der Waals surface area contributed by atoms with Crippen LogP contribution in [0.1, 0.15) is 12.5 Å². The maximum absolute atomic E-state index is 8.99. The molecule has 1 aromatic rings. The van der Waals surface area contributed by atoms with Crippen LogP contribution in [-0.4, -0.2) is 22.2 Å². The summed E-state index contributed by atoms with van der Waals surface area (Å²) in [5.74, 6) is 0. The van der Waals surface area contributed by atoms with E-state index in [2.05, 4.69) is 20.9 Å². The van der Waals surface area contributed by atoms with Crippen molar-refractivity contribution in [3.8, 4) is 0 Å². The van der Waals surface area contributed by atoms with E-state index in [0.29, 0.717) is 6.42 Å². The fourth-order valence-corrected chi connectivity index (χ4v) is 1.43. The fourth-order valence-electron chi connectivity index (χ4n) is 1.04. The minimum Gasteiger partial charge on any atom is -0.394 e. The Hall–Kier alpha value is -0.450. The molecule has 1 aromatic heterocycles. The van der Waals surface area contributed by atoms with Crippen LogP contribution in [0.4, 0.5) is 0 Å². The van der Waals surface area contributed by atoms with Crippen LogP contribution in [0.3, 0.4) is 0 Å². The van der Waals surface area contributed by atoms with Crippen LogP contribution >= 0.6 is 15.9 Å². The molecule has 3 N–H and O–H groups in total. The third-order valence-electron chi connectivity index (χ3n) is 1.79. The molecule has 0 aliphatic rings. The topological polar surface area (TPSA) is 59.1 Å². The molecule has 0 aromatic carbocycles. The van der Waals surface area contributed by atoms with Gasteiger partial charge in [0.15, 0.2) is 0 Å². The van der Waals surface area contributed by atoms with Gasteiger partial charge in [0.1, 0.15) is 4.60 Å². The van der Waals surface area contributed by atoms with Gasteiger partial charge in [0.25, 0.3) is 0 Å². The van der Waals surface area contributed by atoms with E-state index in [1.54, 1.807) is 6.20 Å². The molecule has 1 unspecified atom stereocenters. The Balaban J connectivity index is 2.80. The Labute approximate surface area is 86.1 Å². The molecule has 72 valence electrons. The van der Waals surface area contributed by atoms with Gasteiger partial charge in [-0.15, -0.1) is 0 Å². The summed E-state index contributed by atoms with van der Waals surface area (Å²) >= 11 is 3.33. The van der Waals surface area contributed by atoms with E-state index in [1.165, 1.54) is 0 Å². The van der Waals surface area contributed by atoms with Crippen LogP contribution < -0.4 is 5.73 Å². The molecule has 1 rings (SSSR count). The fraction of sp³-hybridized carbons (Fsp3) is 0.444. The van der Waals surface area contributed by atoms with Crippen molar-refractivity contribution in [1.29, 1.82) is 0 Å². The van der Waals surface area contributed by atoms with Crippen molar-refractivity contribution in [1.82, 2.24) is 4.98 Å². The summed E-state index contributed by atoms with van der Waals surface area (Å²) in [5, 5.41) is 8.99. The van der Waals surface area contributed by atoms with Gasteiger partial charge >= 0.3 is 0 Å². The summed E-state index contributed by atoms with van der Waals surface area (Å²) in [7, 11) is 0. The number of rotatable bonds is 3. The summed E-state index contributed by atoms with van der Waals surface area (Å²) < 4.78 is 0.792. The molecule has 0 saturated carbocycles. The van der Waals surface area contributed by atoms with Crippen molar-refractivity contribution < 1.29 is 5.11 Å². The number of aliphatic hydroxyl groups is 1. The molecule has 0 aliphatic carbocycles. The van der Waals surface area contributed by atoms with Crippen LogP contribution in [0.2, 0.25) is 0 Å². The van der Waals surface area contributed by atoms with E-state index >= 15 is 0 Å². The summed E-state index contributed by atoms with van der Waals surface area (Å²) in [6.45, 7) is 1.78. The van der Waals surface area contributed by atoms with E-state index in [-0.39, 0.29) is 6.61 Å². The minimum atomic E-state index is -0.578. The van der Waals surface area contributed by atoms with Crippen LogP contribution in [0.5, 0.6) is 0 Å². The number of hydrogen-bond donors (Lipinski definition) is 2. The van der Waals surface area contributed by atoms with Gasteiger partial charge in [-0.3, -0.25) is 0 Å². The Bertz CT molecular complexity index is 289. The van der Waals surface area contributed by atoms with Gasteiger partial charge in [-0.1, -0.05) is 6.07 Å². The molecule has 0 amide bonds. The van der Waals surface area contributed by atoms with Gasteiger partial charge < -0.3 is 10.8 Å². The van der Waals surface area contributed by atoms with Gasteiger partial charge in [0, 0.05) is 11.7 Å². The van der Waals surface area contributed by atoms with Crippen molar-refractivity contribution in [3.05, 3.63) is 28.5 Å². The van der Waals surface area contributed by atoms with Gasteiger partial charge in [0.05, 0.1) is 6.61 Å². The zero-order chi connectivity index (χ0) is 9.90. The standard InChI is InChI=1S/C9H13BrN2O/c1-9(11,6-13)5-7-3-2-4-12-8(7)10/h2-4,13H,5-6,11H2,1H3. The van der Waals surface area contributed by atoms with Crippen molar-refractivity contribution in [2.24, 2.45) is 5.73 Å². The first-order chi connectivity index (χ1) is 6.05. The van der Waals surface area contributed by atoms with E-state index in [0.717, 1.165) is 10.2 Å². The lowest BCUT2D eigenvalue weighted by atomic mass is 9.96. The first kappa shape index (κ1) is 10.6. The third-order valence-corrected chi connectivity index (χ3v) is 2.51. The maximum Gasteiger partial charge on any atom is 0.109 e. The zero-order valence-corrected chi connectivity index (χ0v) is 9.08. The lowest BCUT2D eigenvalue weighted by molar-refractivity contribution is 0.208. The van der Waals surface area contributed by atoms with Crippen LogP contribution in [0, 0.1) is 0 Å². The minimum absolute atomic E-state index is 0.0334. The zero-order valence-electron chi connectivity index (χ0n) is 7.50. The average Bonchev–Trinajstić information content (AvgIpc) is 2.09. The number of hydrogen-bond acceptors (Lipinski definition) is 3. The predicted octanol–water partition coefficient (Wildman–Crippen LogP) is 1.10. The van der Waals surface area contributed by atoms with Crippen molar-refractivity contribution in [3.63, 3.8) is 0 Å². The summed E-state index contributed by atoms with van der Waals surface area (Å²) in [4.78, 5) is 4.08. The van der Waals surface area contributed by atoms with Crippen molar-refractivity contribution >= 4 is 15.9 Å². The normalized spacial score (nSPS) is 15.4. The highest BCUT2D eigenvalue weighted by Gasteiger charge is 2.18. The highest BCUT2D eigenvalue weighted by molar-refractivity contribution is 9.10. The van der Waals surface area contributed by atoms with Gasteiger partial charge in [-0.25, -0.2) is 4.98 Å². The van der Waals surface area contributed by atoms with Gasteiger partial charge in [0.2, 0.25) is 0 Å². The average molecular weight is 245 g/mol. The van der Waals surface area contributed by atoms with Gasteiger partial charge in [-0.2, -0.15) is 0 Å². The summed E-state index contributed by atoms with van der Waals surface area (Å²) in [6.07, 6.45) is 2.32. The first-order valence-corrected chi connectivity index (χ1v) is 4.83. The van der Waals surface area contributed by atoms with Crippen molar-refractivity contribution in [2.75, 3.05) is 6.61 Å². The molecule has 4 heteroatoms. The lowest BCUT2D eigenvalue weighted by Gasteiger charge is -2.21. The van der Waals surface area contributed by atoms with E-state index in [4.69, 9.17) is 10.8 Å². The number of halogens is 1.